The highest BCUT2D eigenvalue weighted by atomic mass is 16.2. The first kappa shape index (κ1) is 23.2. The number of amides is 1. The lowest BCUT2D eigenvalue weighted by molar-refractivity contribution is -0.116. The fourth-order valence-corrected chi connectivity index (χ4v) is 3.76. The van der Waals surface area contributed by atoms with Crippen LogP contribution in [0.5, 0.6) is 0 Å². The molecule has 1 amide bonds. The van der Waals surface area contributed by atoms with Crippen molar-refractivity contribution >= 4 is 34.7 Å². The van der Waals surface area contributed by atoms with Crippen molar-refractivity contribution in [3.05, 3.63) is 94.3 Å². The van der Waals surface area contributed by atoms with Gasteiger partial charge in [0.2, 0.25) is 11.9 Å². The average Bonchev–Trinajstić information content (AvgIpc) is 3.68. The molecule has 9 nitrogen and oxygen atoms in total. The summed E-state index contributed by atoms with van der Waals surface area (Å²) in [5, 5.41) is 9.31. The first-order chi connectivity index (χ1) is 17.4. The molecule has 0 spiro atoms. The molecule has 182 valence electrons. The van der Waals surface area contributed by atoms with E-state index in [-0.39, 0.29) is 18.0 Å². The van der Waals surface area contributed by atoms with Crippen LogP contribution in [0.3, 0.4) is 0 Å². The van der Waals surface area contributed by atoms with E-state index in [1.54, 1.807) is 12.1 Å². The van der Waals surface area contributed by atoms with Gasteiger partial charge in [0, 0.05) is 40.8 Å². The number of aryl methyl sites for hydroxylation is 2. The Morgan fingerprint density at radius 3 is 2.28 bits per heavy atom. The van der Waals surface area contributed by atoms with E-state index in [0.717, 1.165) is 35.6 Å². The van der Waals surface area contributed by atoms with Crippen molar-refractivity contribution in [1.82, 2.24) is 19.5 Å². The second kappa shape index (κ2) is 9.99. The molecule has 0 atom stereocenters. The number of nitrogens with one attached hydrogen (secondary N) is 3. The fourth-order valence-electron chi connectivity index (χ4n) is 3.76. The zero-order valence-corrected chi connectivity index (χ0v) is 20.2. The highest BCUT2D eigenvalue weighted by molar-refractivity contribution is 5.90. The van der Waals surface area contributed by atoms with Gasteiger partial charge in [0.1, 0.15) is 12.4 Å². The molecule has 1 fully saturated rings. The molecule has 2 heterocycles. The van der Waals surface area contributed by atoms with E-state index >= 15 is 0 Å². The third-order valence-electron chi connectivity index (χ3n) is 5.81. The summed E-state index contributed by atoms with van der Waals surface area (Å²) >= 11 is 0. The second-order valence-corrected chi connectivity index (χ2v) is 9.01. The molecule has 1 aliphatic carbocycles. The lowest BCUT2D eigenvalue weighted by Gasteiger charge is -2.11. The van der Waals surface area contributed by atoms with Gasteiger partial charge in [-0.15, -0.1) is 0 Å². The molecule has 0 aliphatic heterocycles. The van der Waals surface area contributed by atoms with Crippen LogP contribution in [0.2, 0.25) is 0 Å². The number of aromatic nitrogens is 4. The van der Waals surface area contributed by atoms with Crippen LogP contribution >= 0.6 is 0 Å². The van der Waals surface area contributed by atoms with Gasteiger partial charge in [0.25, 0.3) is 5.56 Å². The van der Waals surface area contributed by atoms with Gasteiger partial charge in [-0.3, -0.25) is 14.2 Å². The molecule has 0 unspecified atom stereocenters. The first-order valence-corrected chi connectivity index (χ1v) is 11.8. The maximum Gasteiger partial charge on any atom is 0.254 e. The number of anilines is 5. The minimum Gasteiger partial charge on any atom is -0.340 e. The highest BCUT2D eigenvalue weighted by Gasteiger charge is 2.25. The minimum atomic E-state index is -0.298. The molecular formula is C27H27N7O2. The van der Waals surface area contributed by atoms with Gasteiger partial charge >= 0.3 is 0 Å². The Kier molecular flexibility index (Phi) is 6.44. The summed E-state index contributed by atoms with van der Waals surface area (Å²) in [5.74, 6) is 1.25. The van der Waals surface area contributed by atoms with Crippen LogP contribution < -0.4 is 21.5 Å². The van der Waals surface area contributed by atoms with Gasteiger partial charge < -0.3 is 16.0 Å². The molecule has 2 aromatic heterocycles. The lowest BCUT2D eigenvalue weighted by atomic mass is 10.2. The predicted octanol–water partition coefficient (Wildman–Crippen LogP) is 4.65. The van der Waals surface area contributed by atoms with Gasteiger partial charge in [-0.05, 0) is 63.1 Å². The average molecular weight is 482 g/mol. The van der Waals surface area contributed by atoms with Gasteiger partial charge in [-0.25, -0.2) is 9.97 Å². The van der Waals surface area contributed by atoms with Crippen molar-refractivity contribution in [2.75, 3.05) is 16.0 Å². The zero-order chi connectivity index (χ0) is 25.1. The summed E-state index contributed by atoms with van der Waals surface area (Å²) in [5.41, 5.74) is 4.95. The maximum atomic E-state index is 12.4. The van der Waals surface area contributed by atoms with Crippen LogP contribution in [0.1, 0.15) is 35.7 Å². The summed E-state index contributed by atoms with van der Waals surface area (Å²) in [6, 6.07) is 18.7. The number of benzene rings is 2. The SMILES string of the molecule is Cc1ccc(Nc2cc(C)nc(Nc3ccc(NC(=O)Cn4cnc(C5CC5)cc4=O)cc3)n2)cc1. The largest absolute Gasteiger partial charge is 0.340 e. The fraction of sp³-hybridized carbons (Fsp3) is 0.222. The van der Waals surface area contributed by atoms with Crippen molar-refractivity contribution in [1.29, 1.82) is 0 Å². The number of nitrogens with zero attached hydrogens (tertiary/aromatic N) is 4. The van der Waals surface area contributed by atoms with Crippen molar-refractivity contribution in [3.63, 3.8) is 0 Å². The van der Waals surface area contributed by atoms with E-state index in [2.05, 4.69) is 30.9 Å². The van der Waals surface area contributed by atoms with E-state index in [9.17, 15) is 9.59 Å². The monoisotopic (exact) mass is 481 g/mol. The third kappa shape index (κ3) is 5.93. The molecule has 2 aromatic carbocycles. The highest BCUT2D eigenvalue weighted by Crippen LogP contribution is 2.38. The van der Waals surface area contributed by atoms with Crippen LogP contribution in [-0.2, 0) is 11.3 Å². The standard InChI is InChI=1S/C27H27N7O2/c1-17-3-7-20(8-4-17)30-24-13-18(2)29-27(33-24)32-22-11-9-21(10-12-22)31-25(35)15-34-16-28-23(14-26(34)36)19-5-6-19/h3-4,7-14,16,19H,5-6,15H2,1-2H3,(H,31,35)(H2,29,30,32,33). The smallest absolute Gasteiger partial charge is 0.254 e. The van der Waals surface area contributed by atoms with Gasteiger partial charge in [0.15, 0.2) is 0 Å². The zero-order valence-electron chi connectivity index (χ0n) is 20.2. The first-order valence-electron chi connectivity index (χ1n) is 11.8. The van der Waals surface area contributed by atoms with Gasteiger partial charge in [0.05, 0.1) is 12.0 Å². The number of rotatable bonds is 8. The van der Waals surface area contributed by atoms with Gasteiger partial charge in [-0.2, -0.15) is 4.98 Å². The van der Waals surface area contributed by atoms with E-state index < -0.39 is 0 Å². The Labute approximate surface area is 208 Å². The topological polar surface area (TPSA) is 114 Å². The molecule has 0 bridgehead atoms. The van der Waals surface area contributed by atoms with Crippen molar-refractivity contribution in [2.24, 2.45) is 0 Å². The molecule has 36 heavy (non-hydrogen) atoms. The third-order valence-corrected chi connectivity index (χ3v) is 5.81. The van der Waals surface area contributed by atoms with E-state index in [4.69, 9.17) is 0 Å². The second-order valence-electron chi connectivity index (χ2n) is 9.01. The summed E-state index contributed by atoms with van der Waals surface area (Å²) in [4.78, 5) is 38.0. The van der Waals surface area contributed by atoms with E-state index in [1.807, 2.05) is 56.3 Å². The Balaban J connectivity index is 1.20. The van der Waals surface area contributed by atoms with Crippen LogP contribution in [0.25, 0.3) is 0 Å². The number of hydrogen-bond donors (Lipinski definition) is 3. The number of hydrogen-bond acceptors (Lipinski definition) is 7. The molecule has 0 radical (unpaired) electrons. The Hall–Kier alpha value is -4.53. The maximum absolute atomic E-state index is 12.4. The van der Waals surface area contributed by atoms with E-state index in [1.165, 1.54) is 22.5 Å². The molecular weight excluding hydrogens is 454 g/mol. The van der Waals surface area contributed by atoms with Gasteiger partial charge in [-0.1, -0.05) is 17.7 Å². The van der Waals surface area contributed by atoms with Crippen molar-refractivity contribution < 1.29 is 4.79 Å². The normalized spacial score (nSPS) is 12.7. The molecule has 4 aromatic rings. The summed E-state index contributed by atoms with van der Waals surface area (Å²) in [6.45, 7) is 3.86. The van der Waals surface area contributed by atoms with Crippen molar-refractivity contribution in [2.45, 2.75) is 39.2 Å². The van der Waals surface area contributed by atoms with Crippen LogP contribution in [-0.4, -0.2) is 25.4 Å². The predicted molar refractivity (Wildman–Crippen MR) is 140 cm³/mol. The Morgan fingerprint density at radius 1 is 0.917 bits per heavy atom. The summed E-state index contributed by atoms with van der Waals surface area (Å²) in [7, 11) is 0. The van der Waals surface area contributed by atoms with Crippen LogP contribution in [0, 0.1) is 13.8 Å². The molecule has 3 N–H and O–H groups in total. The number of carbonyl (C=O) groups excluding carboxylic acids is 1. The molecule has 0 saturated heterocycles. The lowest BCUT2D eigenvalue weighted by Crippen LogP contribution is -2.27. The minimum absolute atomic E-state index is 0.0926. The van der Waals surface area contributed by atoms with Crippen LogP contribution in [0.4, 0.5) is 28.8 Å². The van der Waals surface area contributed by atoms with Crippen molar-refractivity contribution in [3.8, 4) is 0 Å². The molecule has 9 heteroatoms. The van der Waals surface area contributed by atoms with Crippen LogP contribution in [0.15, 0.2) is 71.8 Å². The molecule has 5 rings (SSSR count). The summed E-state index contributed by atoms with van der Waals surface area (Å²) < 4.78 is 1.31. The Bertz CT molecular complexity index is 1440. The quantitative estimate of drug-likeness (QED) is 0.336. The molecule has 1 aliphatic rings. The Morgan fingerprint density at radius 2 is 1.58 bits per heavy atom. The molecule has 1 saturated carbocycles. The summed E-state index contributed by atoms with van der Waals surface area (Å²) in [6.07, 6.45) is 3.60. The number of carbonyl (C=O) groups is 1. The van der Waals surface area contributed by atoms with E-state index in [0.29, 0.717) is 23.4 Å².